The monoisotopic (exact) mass is 1070 g/mol. The molecule has 2 aliphatic rings. The second-order valence-electron chi connectivity index (χ2n) is 20.5. The molecule has 4 amide bonds. The van der Waals surface area contributed by atoms with Gasteiger partial charge in [-0.1, -0.05) is 94.3 Å². The Kier molecular flexibility index (Phi) is 21.6. The molecule has 20 heteroatoms. The number of thiazole rings is 2. The minimum atomic E-state index is -0.966. The zero-order chi connectivity index (χ0) is 53.3. The van der Waals surface area contributed by atoms with Crippen molar-refractivity contribution < 1.29 is 43.2 Å². The minimum absolute atomic E-state index is 0.0176. The highest BCUT2D eigenvalue weighted by Gasteiger charge is 2.44. The van der Waals surface area contributed by atoms with Gasteiger partial charge in [0.25, 0.3) is 5.91 Å². The van der Waals surface area contributed by atoms with Crippen molar-refractivity contribution in [3.05, 3.63) is 88.1 Å². The molecule has 0 saturated carbocycles. The van der Waals surface area contributed by atoms with Crippen LogP contribution in [0.4, 0.5) is 5.13 Å². The number of para-hydroxylation sites is 1. The van der Waals surface area contributed by atoms with Crippen molar-refractivity contribution in [1.29, 1.82) is 0 Å². The summed E-state index contributed by atoms with van der Waals surface area (Å²) in [4.78, 5) is 74.2. The largest absolute Gasteiger partial charge is 0.391 e. The molecule has 0 bridgehead atoms. The van der Waals surface area contributed by atoms with Crippen LogP contribution >= 0.6 is 22.7 Å². The van der Waals surface area contributed by atoms with Crippen LogP contribution in [0.3, 0.4) is 0 Å². The van der Waals surface area contributed by atoms with Crippen LogP contribution in [0, 0.1) is 12.3 Å². The number of ether oxygens (including phenoxy) is 4. The van der Waals surface area contributed by atoms with Gasteiger partial charge in [-0.2, -0.15) is 0 Å². The Morgan fingerprint density at radius 2 is 1.57 bits per heavy atom. The number of nitrogens with zero attached hydrogens (tertiary/aromatic N) is 5. The molecule has 2 aromatic carbocycles. The molecule has 5 heterocycles. The number of carbonyl (C=O) groups is 4. The van der Waals surface area contributed by atoms with Crippen LogP contribution in [-0.4, -0.2) is 170 Å². The number of piperazine rings is 1. The number of β-amino-alcohol motifs (C(OH)–C–C–N with tert-alkyl or cyclic N) is 1. The fourth-order valence-corrected chi connectivity index (χ4v) is 11.1. The van der Waals surface area contributed by atoms with Crippen molar-refractivity contribution >= 4 is 62.3 Å². The Hall–Kier alpha value is -5.32. The first-order valence-electron chi connectivity index (χ1n) is 26.4. The van der Waals surface area contributed by atoms with E-state index < -0.39 is 35.4 Å². The van der Waals surface area contributed by atoms with Crippen molar-refractivity contribution in [3.8, 4) is 10.4 Å². The van der Waals surface area contributed by atoms with Gasteiger partial charge in [-0.05, 0) is 54.9 Å². The van der Waals surface area contributed by atoms with E-state index in [9.17, 15) is 24.3 Å². The molecule has 2 saturated heterocycles. The number of benzene rings is 2. The van der Waals surface area contributed by atoms with E-state index >= 15 is 0 Å². The molecule has 0 radical (unpaired) electrons. The lowest BCUT2D eigenvalue weighted by atomic mass is 9.85. The zero-order valence-corrected chi connectivity index (χ0v) is 46.1. The van der Waals surface area contributed by atoms with Crippen LogP contribution in [0.25, 0.3) is 21.3 Å². The Morgan fingerprint density at radius 3 is 2.25 bits per heavy atom. The number of aromatic amines is 1. The van der Waals surface area contributed by atoms with Gasteiger partial charge in [-0.25, -0.2) is 9.97 Å². The highest BCUT2D eigenvalue weighted by Crippen LogP contribution is 2.30. The van der Waals surface area contributed by atoms with Gasteiger partial charge in [-0.15, -0.1) is 11.3 Å². The van der Waals surface area contributed by atoms with E-state index in [0.29, 0.717) is 37.9 Å². The average Bonchev–Trinajstić information content (AvgIpc) is 4.24. The number of unbranched alkanes of at least 4 members (excludes halogenated alkanes) is 1. The number of aromatic nitrogens is 3. The van der Waals surface area contributed by atoms with E-state index in [-0.39, 0.29) is 56.7 Å². The number of likely N-dealkylation sites (tertiary alicyclic amines) is 1. The van der Waals surface area contributed by atoms with E-state index in [1.807, 2.05) is 70.5 Å². The molecule has 0 aliphatic carbocycles. The Bertz CT molecular complexity index is 2590. The van der Waals surface area contributed by atoms with Crippen LogP contribution in [0.1, 0.15) is 92.8 Å². The maximum Gasteiger partial charge on any atom is 0.263 e. The van der Waals surface area contributed by atoms with Gasteiger partial charge in [0.15, 0.2) is 5.13 Å². The number of hydrogen-bond donors (Lipinski definition) is 5. The summed E-state index contributed by atoms with van der Waals surface area (Å²) in [6.07, 6.45) is 6.80. The smallest absolute Gasteiger partial charge is 0.263 e. The molecule has 2 aliphatic heterocycles. The highest BCUT2D eigenvalue weighted by atomic mass is 32.1. The SMILES string of the molecule is CCCCC(Cc1c[nH]c2ccccc12)NC(=O)c1cnc(N2CCN(CCOCCOCCOCCOCC(=O)NC(C(=O)N3C[C@H](O)C[C@H]3C(=O)NC(C)c3ccc(-c4scnc4C)cc3)C(C)(C)C)CC2)s1. The summed E-state index contributed by atoms with van der Waals surface area (Å²) in [6.45, 7) is 18.1. The van der Waals surface area contributed by atoms with Gasteiger partial charge >= 0.3 is 0 Å². The topological polar surface area (TPSA) is 213 Å². The lowest BCUT2D eigenvalue weighted by molar-refractivity contribution is -0.144. The molecule has 75 heavy (non-hydrogen) atoms. The second-order valence-corrected chi connectivity index (χ2v) is 22.3. The van der Waals surface area contributed by atoms with Gasteiger partial charge in [0.1, 0.15) is 23.6 Å². The molecule has 5 aromatic rings. The summed E-state index contributed by atoms with van der Waals surface area (Å²) in [7, 11) is 0. The highest BCUT2D eigenvalue weighted by molar-refractivity contribution is 7.17. The molecule has 2 fully saturated rings. The van der Waals surface area contributed by atoms with E-state index in [1.165, 1.54) is 27.2 Å². The molecule has 18 nitrogen and oxygen atoms in total. The van der Waals surface area contributed by atoms with Crippen LogP contribution in [-0.2, 0) is 39.8 Å². The van der Waals surface area contributed by atoms with Crippen LogP contribution in [0.15, 0.2) is 66.4 Å². The number of carbonyl (C=O) groups excluding carboxylic acids is 4. The van der Waals surface area contributed by atoms with Gasteiger partial charge < -0.3 is 54.8 Å². The number of fused-ring (bicyclic) bond motifs is 1. The number of nitrogens with one attached hydrogen (secondary N) is 4. The first-order valence-corrected chi connectivity index (χ1v) is 28.1. The first-order chi connectivity index (χ1) is 36.2. The number of amides is 4. The third kappa shape index (κ3) is 16.6. The zero-order valence-electron chi connectivity index (χ0n) is 44.4. The fraction of sp³-hybridized carbons (Fsp3) is 0.564. The van der Waals surface area contributed by atoms with Crippen LogP contribution in [0.2, 0.25) is 0 Å². The van der Waals surface area contributed by atoms with Crippen LogP contribution < -0.4 is 20.9 Å². The second kappa shape index (κ2) is 28.2. The van der Waals surface area contributed by atoms with E-state index in [0.717, 1.165) is 90.8 Å². The molecule has 5 N–H and O–H groups in total. The van der Waals surface area contributed by atoms with Gasteiger partial charge in [-0.3, -0.25) is 24.1 Å². The van der Waals surface area contributed by atoms with Gasteiger partial charge in [0, 0.05) is 68.8 Å². The molecule has 408 valence electrons. The third-order valence-corrected chi connectivity index (χ3v) is 15.7. The standard InChI is InChI=1S/C55H77N9O9S2/c1-7-8-11-42(30-41-32-56-45-13-10-9-12-44(41)45)60-52(68)47-33-57-54(75-47)63-20-18-62(19-21-63)22-23-70-24-25-71-26-27-72-28-29-73-35-48(66)61-50(55(4,5)6)53(69)64-34-43(65)31-46(64)51(67)59-37(2)39-14-16-40(17-15-39)49-38(3)58-36-74-49/h9-10,12-17,32-33,36-37,42-43,46,50,56,65H,7-8,11,18-31,34-35H2,1-6H3,(H,59,67)(H,60,68)(H,61,66)/t37?,42?,43-,46+,50?/m1/s1. The van der Waals surface area contributed by atoms with Gasteiger partial charge in [0.2, 0.25) is 17.7 Å². The van der Waals surface area contributed by atoms with E-state index in [1.54, 1.807) is 17.5 Å². The van der Waals surface area contributed by atoms with Crippen molar-refractivity contribution in [1.82, 2.24) is 40.7 Å². The summed E-state index contributed by atoms with van der Waals surface area (Å²) in [5.74, 6) is -1.35. The Balaban J connectivity index is 0.711. The van der Waals surface area contributed by atoms with Crippen molar-refractivity contribution in [2.45, 2.75) is 104 Å². The molecule has 3 unspecified atom stereocenters. The average molecular weight is 1070 g/mol. The normalized spacial score (nSPS) is 17.5. The maximum atomic E-state index is 14.0. The molecular formula is C55H77N9O9S2. The molecule has 3 aromatic heterocycles. The lowest BCUT2D eigenvalue weighted by Crippen LogP contribution is -2.58. The Morgan fingerprint density at radius 1 is 0.880 bits per heavy atom. The molecule has 7 rings (SSSR count). The van der Waals surface area contributed by atoms with E-state index in [4.69, 9.17) is 18.9 Å². The van der Waals surface area contributed by atoms with Crippen molar-refractivity contribution in [2.24, 2.45) is 5.41 Å². The number of anilines is 1. The summed E-state index contributed by atoms with van der Waals surface area (Å²) in [5.41, 5.74) is 6.36. The minimum Gasteiger partial charge on any atom is -0.391 e. The Labute approximate surface area is 449 Å². The predicted molar refractivity (Wildman–Crippen MR) is 293 cm³/mol. The number of H-pyrrole nitrogens is 1. The summed E-state index contributed by atoms with van der Waals surface area (Å²) in [6, 6.07) is 14.1. The molecular weight excluding hydrogens is 995 g/mol. The maximum absolute atomic E-state index is 14.0. The summed E-state index contributed by atoms with van der Waals surface area (Å²) < 4.78 is 22.7. The van der Waals surface area contributed by atoms with E-state index in [2.05, 4.69) is 72.0 Å². The first kappa shape index (κ1) is 57.4. The van der Waals surface area contributed by atoms with Crippen molar-refractivity contribution in [2.75, 3.05) is 97.0 Å². The number of hydrogen-bond acceptors (Lipinski definition) is 15. The quantitative estimate of drug-likeness (QED) is 0.0357. The number of aryl methyl sites for hydroxylation is 1. The number of aliphatic hydroxyl groups is 1. The number of aliphatic hydroxyl groups excluding tert-OH is 1. The van der Waals surface area contributed by atoms with Gasteiger partial charge in [0.05, 0.1) is 80.7 Å². The van der Waals surface area contributed by atoms with Crippen molar-refractivity contribution in [3.63, 3.8) is 0 Å². The lowest BCUT2D eigenvalue weighted by Gasteiger charge is -2.35. The predicted octanol–water partition coefficient (Wildman–Crippen LogP) is 6.15. The summed E-state index contributed by atoms with van der Waals surface area (Å²) in [5, 5.41) is 21.9. The third-order valence-electron chi connectivity index (χ3n) is 13.7. The van der Waals surface area contributed by atoms with Crippen LogP contribution in [0.5, 0.6) is 0 Å². The molecule has 0 spiro atoms. The number of rotatable bonds is 28. The summed E-state index contributed by atoms with van der Waals surface area (Å²) >= 11 is 3.03. The fourth-order valence-electron chi connectivity index (χ4n) is 9.41. The molecule has 5 atom stereocenters.